The molecule has 0 saturated carbocycles. The molecule has 0 bridgehead atoms. The van der Waals surface area contributed by atoms with E-state index < -0.39 is 24.4 Å². The van der Waals surface area contributed by atoms with Gasteiger partial charge >= 0.3 is 0 Å². The molecule has 1 rings (SSSR count). The van der Waals surface area contributed by atoms with E-state index in [2.05, 4.69) is 19.1 Å². The highest BCUT2D eigenvalue weighted by Crippen LogP contribution is 2.19. The summed E-state index contributed by atoms with van der Waals surface area (Å²) in [6.45, 7) is 2.62. The molecule has 0 aromatic carbocycles. The summed E-state index contributed by atoms with van der Waals surface area (Å²) in [5.74, 6) is 0. The van der Waals surface area contributed by atoms with Crippen molar-refractivity contribution >= 4 is 0 Å². The molecule has 1 saturated heterocycles. The van der Waals surface area contributed by atoms with Crippen molar-refractivity contribution in [3.05, 3.63) is 12.2 Å². The van der Waals surface area contributed by atoms with E-state index in [1.807, 2.05) is 0 Å². The lowest BCUT2D eigenvalue weighted by molar-refractivity contribution is -0.210. The molecular weight excluding hydrogens is 356 g/mol. The van der Waals surface area contributed by atoms with Crippen LogP contribution < -0.4 is 0 Å². The van der Waals surface area contributed by atoms with E-state index in [4.69, 9.17) is 14.6 Å². The molecule has 4 atom stereocenters. The van der Waals surface area contributed by atoms with Crippen molar-refractivity contribution in [3.8, 4) is 0 Å². The van der Waals surface area contributed by atoms with E-state index in [-0.39, 0.29) is 13.2 Å². The second-order valence-corrected chi connectivity index (χ2v) is 8.03. The van der Waals surface area contributed by atoms with Gasteiger partial charge in [-0.2, -0.15) is 0 Å². The number of aliphatic hydroxyl groups excluding tert-OH is 3. The zero-order valence-electron chi connectivity index (χ0n) is 17.9. The molecule has 166 valence electrons. The molecule has 0 spiro atoms. The van der Waals surface area contributed by atoms with Crippen LogP contribution in [0.15, 0.2) is 12.2 Å². The minimum Gasteiger partial charge on any atom is -0.394 e. The van der Waals surface area contributed by atoms with Gasteiger partial charge < -0.3 is 24.8 Å². The summed E-state index contributed by atoms with van der Waals surface area (Å²) in [4.78, 5) is 0. The Kier molecular flexibility index (Phi) is 15.9. The number of rotatable bonds is 17. The molecule has 28 heavy (non-hydrogen) atoms. The number of allylic oxidation sites excluding steroid dienone is 2. The topological polar surface area (TPSA) is 79.2 Å². The molecule has 1 aliphatic heterocycles. The van der Waals surface area contributed by atoms with Crippen LogP contribution in [0.1, 0.15) is 90.4 Å². The Morgan fingerprint density at radius 2 is 1.43 bits per heavy atom. The lowest BCUT2D eigenvalue weighted by Crippen LogP contribution is -2.55. The molecule has 0 aliphatic carbocycles. The van der Waals surface area contributed by atoms with Gasteiger partial charge in [0.1, 0.15) is 24.4 Å². The molecule has 1 fully saturated rings. The fourth-order valence-electron chi connectivity index (χ4n) is 3.62. The van der Waals surface area contributed by atoms with Gasteiger partial charge in [0.15, 0.2) is 0 Å². The largest absolute Gasteiger partial charge is 0.394 e. The average molecular weight is 401 g/mol. The number of hydrogen-bond acceptors (Lipinski definition) is 5. The normalized spacial score (nSPS) is 25.6. The van der Waals surface area contributed by atoms with Crippen molar-refractivity contribution in [3.63, 3.8) is 0 Å². The summed E-state index contributed by atoms with van der Waals surface area (Å²) in [7, 11) is 0. The zero-order chi connectivity index (χ0) is 20.5. The highest BCUT2D eigenvalue weighted by atomic mass is 16.6. The van der Waals surface area contributed by atoms with Gasteiger partial charge in [0.25, 0.3) is 0 Å². The van der Waals surface area contributed by atoms with Crippen molar-refractivity contribution in [1.29, 1.82) is 0 Å². The number of ether oxygens (including phenoxy) is 2. The second kappa shape index (κ2) is 17.4. The van der Waals surface area contributed by atoms with Crippen LogP contribution in [0.5, 0.6) is 0 Å². The third kappa shape index (κ3) is 11.5. The van der Waals surface area contributed by atoms with E-state index in [1.165, 1.54) is 70.6 Å². The van der Waals surface area contributed by atoms with Crippen LogP contribution in [-0.2, 0) is 9.47 Å². The first-order chi connectivity index (χ1) is 13.7. The smallest absolute Gasteiger partial charge is 0.114 e. The highest BCUT2D eigenvalue weighted by molar-refractivity contribution is 4.87. The standard InChI is InChI=1S/C23H44O5/c1-2-3-4-5-6-7-8-9-10-11-12-13-14-15-16-17-27-23-20(25)19-28-21(18-24)22(23)26/h7-8,20-26H,2-6,9-19H2,1H3/b8-7+/t20-,21+,22+,23+/m0/s1. The molecule has 0 radical (unpaired) electrons. The summed E-state index contributed by atoms with van der Waals surface area (Å²) in [6, 6.07) is 0. The van der Waals surface area contributed by atoms with Gasteiger partial charge in [-0.25, -0.2) is 0 Å². The van der Waals surface area contributed by atoms with Crippen LogP contribution in [0.2, 0.25) is 0 Å². The van der Waals surface area contributed by atoms with Crippen molar-refractivity contribution in [1.82, 2.24) is 0 Å². The minimum absolute atomic E-state index is 0.0982. The molecule has 0 unspecified atom stereocenters. The Morgan fingerprint density at radius 3 is 2.04 bits per heavy atom. The molecular formula is C23H44O5. The first kappa shape index (κ1) is 25.6. The Hall–Kier alpha value is -0.460. The van der Waals surface area contributed by atoms with E-state index in [1.54, 1.807) is 0 Å². The molecule has 0 aromatic rings. The minimum atomic E-state index is -0.973. The number of hydrogen-bond donors (Lipinski definition) is 3. The quantitative estimate of drug-likeness (QED) is 0.253. The molecule has 0 amide bonds. The highest BCUT2D eigenvalue weighted by Gasteiger charge is 2.38. The summed E-state index contributed by atoms with van der Waals surface area (Å²) < 4.78 is 10.8. The first-order valence-corrected chi connectivity index (χ1v) is 11.6. The summed E-state index contributed by atoms with van der Waals surface area (Å²) >= 11 is 0. The molecule has 1 aliphatic rings. The summed E-state index contributed by atoms with van der Waals surface area (Å²) in [5.41, 5.74) is 0. The Labute approximate surface area is 172 Å². The zero-order valence-corrected chi connectivity index (χ0v) is 17.9. The fourth-order valence-corrected chi connectivity index (χ4v) is 3.62. The van der Waals surface area contributed by atoms with Crippen molar-refractivity contribution in [2.75, 3.05) is 19.8 Å². The van der Waals surface area contributed by atoms with Gasteiger partial charge in [0, 0.05) is 6.61 Å². The predicted molar refractivity (Wildman–Crippen MR) is 113 cm³/mol. The van der Waals surface area contributed by atoms with E-state index in [0.29, 0.717) is 6.61 Å². The number of unbranched alkanes of at least 4 members (excludes halogenated alkanes) is 11. The molecule has 0 aromatic heterocycles. The summed E-state index contributed by atoms with van der Waals surface area (Å²) in [6.07, 6.45) is 17.8. The maximum absolute atomic E-state index is 10.0. The van der Waals surface area contributed by atoms with Crippen LogP contribution in [0, 0.1) is 0 Å². The Bertz CT molecular complexity index is 374. The van der Waals surface area contributed by atoms with Crippen molar-refractivity contribution in [2.24, 2.45) is 0 Å². The van der Waals surface area contributed by atoms with Gasteiger partial charge in [-0.15, -0.1) is 0 Å². The monoisotopic (exact) mass is 400 g/mol. The SMILES string of the molecule is CCCCCC/C=C/CCCCCCCCCO[C@H]1[C@H](O)[C@@H](CO)OC[C@@H]1O. The third-order valence-electron chi connectivity index (χ3n) is 5.47. The van der Waals surface area contributed by atoms with Crippen LogP contribution in [0.4, 0.5) is 0 Å². The summed E-state index contributed by atoms with van der Waals surface area (Å²) in [5, 5.41) is 29.1. The Morgan fingerprint density at radius 1 is 0.857 bits per heavy atom. The van der Waals surface area contributed by atoms with Crippen LogP contribution >= 0.6 is 0 Å². The van der Waals surface area contributed by atoms with Gasteiger partial charge in [-0.05, 0) is 32.1 Å². The molecule has 3 N–H and O–H groups in total. The first-order valence-electron chi connectivity index (χ1n) is 11.6. The van der Waals surface area contributed by atoms with Gasteiger partial charge in [-0.3, -0.25) is 0 Å². The molecule has 5 nitrogen and oxygen atoms in total. The maximum Gasteiger partial charge on any atom is 0.114 e. The predicted octanol–water partition coefficient (Wildman–Crippen LogP) is 4.13. The lowest BCUT2D eigenvalue weighted by atomic mass is 10.0. The molecule has 1 heterocycles. The second-order valence-electron chi connectivity index (χ2n) is 8.03. The van der Waals surface area contributed by atoms with Crippen LogP contribution in [-0.4, -0.2) is 59.6 Å². The van der Waals surface area contributed by atoms with E-state index in [0.717, 1.165) is 12.8 Å². The van der Waals surface area contributed by atoms with Gasteiger partial charge in [0.2, 0.25) is 0 Å². The van der Waals surface area contributed by atoms with Crippen LogP contribution in [0.3, 0.4) is 0 Å². The van der Waals surface area contributed by atoms with Gasteiger partial charge in [-0.1, -0.05) is 70.4 Å². The van der Waals surface area contributed by atoms with Crippen molar-refractivity contribution < 1.29 is 24.8 Å². The fraction of sp³-hybridized carbons (Fsp3) is 0.913. The van der Waals surface area contributed by atoms with Crippen molar-refractivity contribution in [2.45, 2.75) is 115 Å². The maximum atomic E-state index is 10.0. The lowest BCUT2D eigenvalue weighted by Gasteiger charge is -2.37. The van der Waals surface area contributed by atoms with E-state index in [9.17, 15) is 10.2 Å². The van der Waals surface area contributed by atoms with Gasteiger partial charge in [0.05, 0.1) is 13.2 Å². The molecule has 5 heteroatoms. The average Bonchev–Trinajstić information content (AvgIpc) is 2.70. The van der Waals surface area contributed by atoms with Crippen LogP contribution in [0.25, 0.3) is 0 Å². The Balaban J connectivity index is 1.88. The van der Waals surface area contributed by atoms with E-state index >= 15 is 0 Å². The number of aliphatic hydroxyl groups is 3. The third-order valence-corrected chi connectivity index (χ3v) is 5.47.